The molecule has 0 unspecified atom stereocenters. The van der Waals surface area contributed by atoms with Crippen molar-refractivity contribution in [3.05, 3.63) is 34.9 Å². The summed E-state index contributed by atoms with van der Waals surface area (Å²) in [6.45, 7) is 3.58. The van der Waals surface area contributed by atoms with E-state index < -0.39 is 0 Å². The molecule has 4 saturated carbocycles. The molecule has 1 aromatic rings. The molecule has 2 nitrogen and oxygen atoms in total. The number of carbonyl (C=O) groups is 1. The van der Waals surface area contributed by atoms with Crippen molar-refractivity contribution in [2.75, 3.05) is 6.54 Å². The molecule has 124 valence electrons. The van der Waals surface area contributed by atoms with Gasteiger partial charge in [-0.05, 0) is 80.9 Å². The number of amides is 1. The Morgan fingerprint density at radius 1 is 1.17 bits per heavy atom. The average Bonchev–Trinajstić information content (AvgIpc) is 2.51. The number of nitrogens with zero attached hydrogens (tertiary/aromatic N) is 1. The van der Waals surface area contributed by atoms with Gasteiger partial charge in [0.05, 0.1) is 5.41 Å². The van der Waals surface area contributed by atoms with Crippen LogP contribution in [0.2, 0.25) is 5.02 Å². The third-order valence-corrected chi connectivity index (χ3v) is 6.66. The van der Waals surface area contributed by atoms with Crippen LogP contribution in [0.15, 0.2) is 24.3 Å². The van der Waals surface area contributed by atoms with Gasteiger partial charge in [0, 0.05) is 18.1 Å². The molecule has 0 atom stereocenters. The summed E-state index contributed by atoms with van der Waals surface area (Å²) >= 11 is 6.10. The van der Waals surface area contributed by atoms with Crippen molar-refractivity contribution in [2.24, 2.45) is 23.2 Å². The molecular formula is C20H26ClNO. The molecule has 0 aliphatic heterocycles. The predicted molar refractivity (Wildman–Crippen MR) is 93.1 cm³/mol. The Labute approximate surface area is 144 Å². The van der Waals surface area contributed by atoms with E-state index in [4.69, 9.17) is 11.6 Å². The third kappa shape index (κ3) is 2.80. The first-order valence-electron chi connectivity index (χ1n) is 9.12. The first-order valence-corrected chi connectivity index (χ1v) is 9.49. The van der Waals surface area contributed by atoms with Gasteiger partial charge >= 0.3 is 0 Å². The van der Waals surface area contributed by atoms with Crippen LogP contribution in [0.3, 0.4) is 0 Å². The van der Waals surface area contributed by atoms with Gasteiger partial charge in [0.2, 0.25) is 5.91 Å². The minimum Gasteiger partial charge on any atom is -0.338 e. The highest BCUT2D eigenvalue weighted by Crippen LogP contribution is 2.60. The van der Waals surface area contributed by atoms with Gasteiger partial charge in [0.1, 0.15) is 0 Å². The Hall–Kier alpha value is -1.02. The summed E-state index contributed by atoms with van der Waals surface area (Å²) in [5.41, 5.74) is 1.10. The van der Waals surface area contributed by atoms with Gasteiger partial charge in [-0.15, -0.1) is 0 Å². The SMILES string of the molecule is CCN(Cc1cccc(Cl)c1)C(=O)C12CC3CC(CC(C3)C1)C2. The van der Waals surface area contributed by atoms with Crippen LogP contribution in [0.1, 0.15) is 51.0 Å². The van der Waals surface area contributed by atoms with Gasteiger partial charge in [-0.25, -0.2) is 0 Å². The number of halogens is 1. The van der Waals surface area contributed by atoms with Crippen LogP contribution in [-0.2, 0) is 11.3 Å². The maximum Gasteiger partial charge on any atom is 0.229 e. The van der Waals surface area contributed by atoms with Crippen LogP contribution >= 0.6 is 11.6 Å². The quantitative estimate of drug-likeness (QED) is 0.768. The van der Waals surface area contributed by atoms with Gasteiger partial charge in [-0.2, -0.15) is 0 Å². The van der Waals surface area contributed by atoms with E-state index in [0.29, 0.717) is 12.5 Å². The lowest BCUT2D eigenvalue weighted by Gasteiger charge is -2.56. The molecule has 4 aliphatic carbocycles. The van der Waals surface area contributed by atoms with E-state index in [2.05, 4.69) is 17.9 Å². The Bertz CT molecular complexity index is 576. The molecule has 0 N–H and O–H groups in total. The van der Waals surface area contributed by atoms with E-state index in [0.717, 1.165) is 54.1 Å². The zero-order valence-electron chi connectivity index (χ0n) is 13.9. The molecule has 23 heavy (non-hydrogen) atoms. The van der Waals surface area contributed by atoms with Crippen LogP contribution in [0.4, 0.5) is 0 Å². The Morgan fingerprint density at radius 2 is 1.78 bits per heavy atom. The molecule has 0 radical (unpaired) electrons. The van der Waals surface area contributed by atoms with Crippen LogP contribution in [0.5, 0.6) is 0 Å². The Balaban J connectivity index is 1.54. The molecule has 0 saturated heterocycles. The number of hydrogen-bond donors (Lipinski definition) is 0. The standard InChI is InChI=1S/C20H26ClNO/c1-2-22(13-14-4-3-5-18(21)9-14)19(23)20-10-15-6-16(11-20)8-17(7-15)12-20/h3-5,9,15-17H,2,6-8,10-13H2,1H3. The van der Waals surface area contributed by atoms with Crippen molar-refractivity contribution >= 4 is 17.5 Å². The summed E-state index contributed by atoms with van der Waals surface area (Å²) in [5.74, 6) is 2.86. The fourth-order valence-corrected chi connectivity index (χ4v) is 6.10. The highest BCUT2D eigenvalue weighted by molar-refractivity contribution is 6.30. The van der Waals surface area contributed by atoms with E-state index in [1.807, 2.05) is 18.2 Å². The second-order valence-electron chi connectivity index (χ2n) is 8.15. The van der Waals surface area contributed by atoms with Crippen LogP contribution < -0.4 is 0 Å². The van der Waals surface area contributed by atoms with Crippen molar-refractivity contribution in [2.45, 2.75) is 52.0 Å². The maximum atomic E-state index is 13.4. The van der Waals surface area contributed by atoms with Crippen molar-refractivity contribution in [1.29, 1.82) is 0 Å². The Kier molecular flexibility index (Phi) is 3.91. The third-order valence-electron chi connectivity index (χ3n) is 6.42. The number of benzene rings is 1. The molecule has 4 aliphatic rings. The minimum absolute atomic E-state index is 0.0384. The van der Waals surface area contributed by atoms with E-state index in [-0.39, 0.29) is 5.41 Å². The topological polar surface area (TPSA) is 20.3 Å². The van der Waals surface area contributed by atoms with Crippen molar-refractivity contribution in [3.63, 3.8) is 0 Å². The largest absolute Gasteiger partial charge is 0.338 e. The number of carbonyl (C=O) groups excluding carboxylic acids is 1. The summed E-state index contributed by atoms with van der Waals surface area (Å²) in [4.78, 5) is 15.5. The second-order valence-corrected chi connectivity index (χ2v) is 8.58. The molecule has 1 aromatic carbocycles. The first kappa shape index (κ1) is 15.5. The Morgan fingerprint density at radius 3 is 2.30 bits per heavy atom. The summed E-state index contributed by atoms with van der Waals surface area (Å²) in [5, 5.41) is 0.751. The average molecular weight is 332 g/mol. The molecule has 1 amide bonds. The lowest BCUT2D eigenvalue weighted by Crippen LogP contribution is -2.54. The maximum absolute atomic E-state index is 13.4. The molecular weight excluding hydrogens is 306 g/mol. The molecule has 0 heterocycles. The molecule has 5 rings (SSSR count). The van der Waals surface area contributed by atoms with E-state index in [9.17, 15) is 4.79 Å². The van der Waals surface area contributed by atoms with Gasteiger partial charge < -0.3 is 4.90 Å². The molecule has 4 bridgehead atoms. The smallest absolute Gasteiger partial charge is 0.229 e. The van der Waals surface area contributed by atoms with Crippen LogP contribution in [0, 0.1) is 23.2 Å². The van der Waals surface area contributed by atoms with E-state index >= 15 is 0 Å². The van der Waals surface area contributed by atoms with Gasteiger partial charge in [0.25, 0.3) is 0 Å². The van der Waals surface area contributed by atoms with Crippen LogP contribution in [0.25, 0.3) is 0 Å². The lowest BCUT2D eigenvalue weighted by molar-refractivity contribution is -0.158. The number of hydrogen-bond acceptors (Lipinski definition) is 1. The van der Waals surface area contributed by atoms with Crippen molar-refractivity contribution < 1.29 is 4.79 Å². The summed E-state index contributed by atoms with van der Waals surface area (Å²) < 4.78 is 0. The zero-order valence-corrected chi connectivity index (χ0v) is 14.7. The highest BCUT2D eigenvalue weighted by Gasteiger charge is 2.55. The highest BCUT2D eigenvalue weighted by atomic mass is 35.5. The van der Waals surface area contributed by atoms with Crippen LogP contribution in [-0.4, -0.2) is 17.4 Å². The second kappa shape index (κ2) is 5.81. The minimum atomic E-state index is -0.0384. The van der Waals surface area contributed by atoms with Crippen molar-refractivity contribution in [3.8, 4) is 0 Å². The fraction of sp³-hybridized carbons (Fsp3) is 0.650. The fourth-order valence-electron chi connectivity index (χ4n) is 5.89. The molecule has 0 aromatic heterocycles. The van der Waals surface area contributed by atoms with E-state index in [1.165, 1.54) is 19.3 Å². The zero-order chi connectivity index (χ0) is 16.0. The van der Waals surface area contributed by atoms with Gasteiger partial charge in [0.15, 0.2) is 0 Å². The van der Waals surface area contributed by atoms with Gasteiger partial charge in [-0.1, -0.05) is 23.7 Å². The van der Waals surface area contributed by atoms with Gasteiger partial charge in [-0.3, -0.25) is 4.79 Å². The summed E-state index contributed by atoms with van der Waals surface area (Å²) in [7, 11) is 0. The molecule has 0 spiro atoms. The summed E-state index contributed by atoms with van der Waals surface area (Å²) in [6.07, 6.45) is 7.57. The predicted octanol–water partition coefficient (Wildman–Crippen LogP) is 4.90. The lowest BCUT2D eigenvalue weighted by atomic mass is 9.49. The monoisotopic (exact) mass is 331 g/mol. The normalized spacial score (nSPS) is 34.6. The van der Waals surface area contributed by atoms with Crippen molar-refractivity contribution in [1.82, 2.24) is 4.90 Å². The number of rotatable bonds is 4. The molecule has 4 fully saturated rings. The molecule has 3 heteroatoms. The van der Waals surface area contributed by atoms with E-state index in [1.54, 1.807) is 0 Å². The summed E-state index contributed by atoms with van der Waals surface area (Å²) in [6, 6.07) is 7.92. The first-order chi connectivity index (χ1) is 11.1.